The van der Waals surface area contributed by atoms with E-state index >= 15 is 0 Å². The summed E-state index contributed by atoms with van der Waals surface area (Å²) in [6, 6.07) is 7.91. The van der Waals surface area contributed by atoms with Gasteiger partial charge < -0.3 is 14.5 Å². The molecule has 28 heavy (non-hydrogen) atoms. The molecule has 0 spiro atoms. The number of amides is 1. The highest BCUT2D eigenvalue weighted by Gasteiger charge is 2.47. The molecule has 3 aromatic rings. The van der Waals surface area contributed by atoms with Crippen LogP contribution in [0.15, 0.2) is 49.2 Å². The highest BCUT2D eigenvalue weighted by atomic mass is 16.2. The number of ketones is 1. The molecule has 1 aromatic carbocycles. The lowest BCUT2D eigenvalue weighted by Crippen LogP contribution is -2.36. The molecule has 3 heterocycles. The number of benzene rings is 1. The van der Waals surface area contributed by atoms with Crippen molar-refractivity contribution in [2.75, 3.05) is 6.54 Å². The molecule has 0 saturated carbocycles. The molecule has 1 fully saturated rings. The number of aromatic amines is 1. The Balaban J connectivity index is 1.59. The number of carbonyl (C=O) groups is 2. The Labute approximate surface area is 164 Å². The van der Waals surface area contributed by atoms with Crippen LogP contribution in [0.1, 0.15) is 44.1 Å². The number of aryl methyl sites for hydroxylation is 1. The molecule has 1 saturated heterocycles. The van der Waals surface area contributed by atoms with Crippen molar-refractivity contribution in [3.63, 3.8) is 0 Å². The Morgan fingerprint density at radius 1 is 1.14 bits per heavy atom. The first-order chi connectivity index (χ1) is 13.7. The topological polar surface area (TPSA) is 71.0 Å². The molecule has 4 rings (SSSR count). The molecule has 0 bridgehead atoms. The summed E-state index contributed by atoms with van der Waals surface area (Å²) in [6.07, 6.45) is 11.1. The fraction of sp³-hybridized carbons (Fsp3) is 0.409. The smallest absolute Gasteiger partial charge is 0.290 e. The van der Waals surface area contributed by atoms with E-state index < -0.39 is 0 Å². The van der Waals surface area contributed by atoms with E-state index in [-0.39, 0.29) is 23.7 Å². The number of carbonyl (C=O) groups excluding carboxylic acids is 2. The van der Waals surface area contributed by atoms with Crippen LogP contribution < -0.4 is 0 Å². The van der Waals surface area contributed by atoms with Crippen LogP contribution in [0.3, 0.4) is 0 Å². The van der Waals surface area contributed by atoms with Crippen LogP contribution in [-0.4, -0.2) is 43.7 Å². The average molecular weight is 378 g/mol. The second-order valence-electron chi connectivity index (χ2n) is 7.49. The summed E-state index contributed by atoms with van der Waals surface area (Å²) in [6.45, 7) is 3.52. The molecular weight excluding hydrogens is 352 g/mol. The maximum absolute atomic E-state index is 13.0. The number of Topliss-reactive ketones (excluding diaryl/α,β-unsaturated/α-hetero) is 1. The number of H-pyrrole nitrogens is 1. The number of fused-ring (bicyclic) bond motifs is 1. The minimum atomic E-state index is -0.386. The number of nitrogens with zero attached hydrogens (tertiary/aromatic N) is 3. The van der Waals surface area contributed by atoms with E-state index in [0.29, 0.717) is 6.54 Å². The third-order valence-corrected chi connectivity index (χ3v) is 5.72. The van der Waals surface area contributed by atoms with Crippen LogP contribution in [0.25, 0.3) is 10.9 Å². The normalized spacial score (nSPS) is 19.8. The lowest BCUT2D eigenvalue weighted by molar-refractivity contribution is -0.140. The Morgan fingerprint density at radius 3 is 2.79 bits per heavy atom. The summed E-state index contributed by atoms with van der Waals surface area (Å²) in [5, 5.41) is 1.04. The van der Waals surface area contributed by atoms with Crippen LogP contribution in [0, 0.1) is 0 Å². The van der Waals surface area contributed by atoms with Gasteiger partial charge in [-0.1, -0.05) is 38.0 Å². The van der Waals surface area contributed by atoms with Gasteiger partial charge in [-0.3, -0.25) is 9.59 Å². The summed E-state index contributed by atoms with van der Waals surface area (Å²) in [7, 11) is 0. The first kappa shape index (κ1) is 18.5. The maximum atomic E-state index is 13.0. The van der Waals surface area contributed by atoms with Crippen LogP contribution in [0.4, 0.5) is 0 Å². The SMILES string of the molecule is CCCCC1C(c2c[nH]c3ccccc23)C(=O)C(=O)N1CCCn1ccnc1. The van der Waals surface area contributed by atoms with Crippen molar-refractivity contribution in [3.8, 4) is 0 Å². The molecule has 6 heteroatoms. The van der Waals surface area contributed by atoms with Gasteiger partial charge in [0, 0.05) is 48.6 Å². The third-order valence-electron chi connectivity index (χ3n) is 5.72. The van der Waals surface area contributed by atoms with Gasteiger partial charge in [-0.05, 0) is 24.5 Å². The van der Waals surface area contributed by atoms with Gasteiger partial charge in [0.1, 0.15) is 0 Å². The number of likely N-dealkylation sites (tertiary alicyclic amines) is 1. The van der Waals surface area contributed by atoms with Crippen molar-refractivity contribution in [1.29, 1.82) is 0 Å². The summed E-state index contributed by atoms with van der Waals surface area (Å²) < 4.78 is 2.00. The number of hydrogen-bond donors (Lipinski definition) is 1. The van der Waals surface area contributed by atoms with E-state index in [4.69, 9.17) is 0 Å². The molecule has 2 atom stereocenters. The minimum absolute atomic E-state index is 0.0676. The van der Waals surface area contributed by atoms with Gasteiger partial charge in [0.05, 0.1) is 12.2 Å². The van der Waals surface area contributed by atoms with E-state index in [0.717, 1.165) is 48.7 Å². The number of unbranched alkanes of at least 4 members (excludes halogenated alkanes) is 1. The van der Waals surface area contributed by atoms with Gasteiger partial charge in [-0.15, -0.1) is 0 Å². The molecule has 0 aliphatic carbocycles. The van der Waals surface area contributed by atoms with Gasteiger partial charge in [0.15, 0.2) is 0 Å². The van der Waals surface area contributed by atoms with Crippen molar-refractivity contribution in [2.24, 2.45) is 0 Å². The van der Waals surface area contributed by atoms with Gasteiger partial charge in [-0.25, -0.2) is 4.98 Å². The number of hydrogen-bond acceptors (Lipinski definition) is 3. The zero-order valence-electron chi connectivity index (χ0n) is 16.2. The Bertz CT molecular complexity index is 960. The van der Waals surface area contributed by atoms with Crippen molar-refractivity contribution in [2.45, 2.75) is 51.1 Å². The minimum Gasteiger partial charge on any atom is -0.361 e. The van der Waals surface area contributed by atoms with E-state index in [1.54, 1.807) is 12.5 Å². The predicted octanol–water partition coefficient (Wildman–Crippen LogP) is 3.51. The zero-order valence-corrected chi connectivity index (χ0v) is 16.2. The number of aromatic nitrogens is 3. The number of nitrogens with one attached hydrogen (secondary N) is 1. The lowest BCUT2D eigenvalue weighted by Gasteiger charge is -2.27. The lowest BCUT2D eigenvalue weighted by atomic mass is 9.88. The molecule has 2 aromatic heterocycles. The Kier molecular flexibility index (Phi) is 5.28. The van der Waals surface area contributed by atoms with Crippen molar-refractivity contribution >= 4 is 22.6 Å². The Hall–Kier alpha value is -2.89. The molecule has 0 radical (unpaired) electrons. The third kappa shape index (κ3) is 3.35. The summed E-state index contributed by atoms with van der Waals surface area (Å²) in [5.41, 5.74) is 1.96. The van der Waals surface area contributed by atoms with Crippen LogP contribution in [0.5, 0.6) is 0 Å². The highest BCUT2D eigenvalue weighted by Crippen LogP contribution is 2.38. The van der Waals surface area contributed by atoms with Crippen molar-refractivity contribution < 1.29 is 9.59 Å². The van der Waals surface area contributed by atoms with E-state index in [2.05, 4.69) is 16.9 Å². The number of para-hydroxylation sites is 1. The van der Waals surface area contributed by atoms with E-state index in [1.807, 2.05) is 46.1 Å². The second-order valence-corrected chi connectivity index (χ2v) is 7.49. The van der Waals surface area contributed by atoms with Crippen LogP contribution in [0.2, 0.25) is 0 Å². The molecular formula is C22H26N4O2. The van der Waals surface area contributed by atoms with Crippen molar-refractivity contribution in [3.05, 3.63) is 54.7 Å². The Morgan fingerprint density at radius 2 is 2.00 bits per heavy atom. The van der Waals surface area contributed by atoms with E-state index in [9.17, 15) is 9.59 Å². The zero-order chi connectivity index (χ0) is 19.5. The maximum Gasteiger partial charge on any atom is 0.290 e. The van der Waals surface area contributed by atoms with Gasteiger partial charge in [0.25, 0.3) is 5.91 Å². The summed E-state index contributed by atoms with van der Waals surface area (Å²) >= 11 is 0. The largest absolute Gasteiger partial charge is 0.361 e. The standard InChI is InChI=1S/C22H26N4O2/c1-2-3-9-19-20(17-14-24-18-8-5-4-7-16(17)18)21(27)22(28)26(19)12-6-11-25-13-10-23-15-25/h4-5,7-8,10,13-15,19-20,24H,2-3,6,9,11-12H2,1H3. The fourth-order valence-corrected chi connectivity index (χ4v) is 4.33. The second kappa shape index (κ2) is 8.00. The average Bonchev–Trinajstić information content (AvgIpc) is 3.42. The van der Waals surface area contributed by atoms with Gasteiger partial charge in [-0.2, -0.15) is 0 Å². The molecule has 1 aliphatic heterocycles. The molecule has 146 valence electrons. The van der Waals surface area contributed by atoms with Crippen LogP contribution in [-0.2, 0) is 16.1 Å². The highest BCUT2D eigenvalue weighted by molar-refractivity contribution is 6.40. The van der Waals surface area contributed by atoms with Gasteiger partial charge in [0.2, 0.25) is 5.78 Å². The number of imidazole rings is 1. The van der Waals surface area contributed by atoms with E-state index in [1.165, 1.54) is 0 Å². The number of rotatable bonds is 8. The molecule has 2 unspecified atom stereocenters. The first-order valence-corrected chi connectivity index (χ1v) is 10.1. The molecule has 6 nitrogen and oxygen atoms in total. The molecule has 1 amide bonds. The summed E-state index contributed by atoms with van der Waals surface area (Å²) in [5.74, 6) is -0.987. The van der Waals surface area contributed by atoms with Gasteiger partial charge >= 0.3 is 0 Å². The monoisotopic (exact) mass is 378 g/mol. The summed E-state index contributed by atoms with van der Waals surface area (Å²) in [4.78, 5) is 35.0. The molecule has 1 N–H and O–H groups in total. The quantitative estimate of drug-likeness (QED) is 0.610. The van der Waals surface area contributed by atoms with Crippen LogP contribution >= 0.6 is 0 Å². The molecule has 1 aliphatic rings. The predicted molar refractivity (Wildman–Crippen MR) is 108 cm³/mol. The van der Waals surface area contributed by atoms with Crippen molar-refractivity contribution in [1.82, 2.24) is 19.4 Å². The fourth-order valence-electron chi connectivity index (χ4n) is 4.33. The first-order valence-electron chi connectivity index (χ1n) is 10.1.